The Labute approximate surface area is 141 Å². The number of hydrogen-bond donors (Lipinski definition) is 1. The molecule has 0 aliphatic carbocycles. The van der Waals surface area contributed by atoms with Crippen molar-refractivity contribution in [2.45, 2.75) is 0 Å². The monoisotopic (exact) mass is 355 g/mol. The highest BCUT2D eigenvalue weighted by atomic mass is 35.5. The Bertz CT molecular complexity index is 783. The molecule has 24 heavy (non-hydrogen) atoms. The van der Waals surface area contributed by atoms with Crippen molar-refractivity contribution in [3.05, 3.63) is 58.6 Å². The van der Waals surface area contributed by atoms with Gasteiger partial charge < -0.3 is 14.8 Å². The van der Waals surface area contributed by atoms with Gasteiger partial charge in [0.15, 0.2) is 6.61 Å². The maximum atomic E-state index is 13.4. The standard InChI is InChI=1S/C16H12ClF2NO4/c1-23-14-5-3-10(7-12(14)17)20-15(21)8-24-16(22)11-6-9(18)2-4-13(11)19/h2-7H,8H2,1H3,(H,20,21). The molecule has 0 atom stereocenters. The molecule has 1 amide bonds. The quantitative estimate of drug-likeness (QED) is 0.835. The van der Waals surface area contributed by atoms with Gasteiger partial charge in [-0.3, -0.25) is 4.79 Å². The van der Waals surface area contributed by atoms with Crippen LogP contribution in [0.3, 0.4) is 0 Å². The van der Waals surface area contributed by atoms with Crippen LogP contribution in [0.4, 0.5) is 14.5 Å². The second-order valence-corrected chi connectivity index (χ2v) is 5.01. The summed E-state index contributed by atoms with van der Waals surface area (Å²) in [5.41, 5.74) is -0.228. The van der Waals surface area contributed by atoms with Crippen LogP contribution in [-0.2, 0) is 9.53 Å². The van der Waals surface area contributed by atoms with E-state index >= 15 is 0 Å². The van der Waals surface area contributed by atoms with Crippen LogP contribution in [0.5, 0.6) is 5.75 Å². The number of carbonyl (C=O) groups is 2. The second-order valence-electron chi connectivity index (χ2n) is 4.60. The molecule has 0 radical (unpaired) electrons. The van der Waals surface area contributed by atoms with Gasteiger partial charge >= 0.3 is 5.97 Å². The van der Waals surface area contributed by atoms with Crippen LogP contribution in [0.2, 0.25) is 5.02 Å². The van der Waals surface area contributed by atoms with E-state index < -0.39 is 35.7 Å². The smallest absolute Gasteiger partial charge is 0.341 e. The number of amides is 1. The van der Waals surface area contributed by atoms with Crippen molar-refractivity contribution in [1.82, 2.24) is 0 Å². The molecule has 0 saturated heterocycles. The molecule has 8 heteroatoms. The number of benzene rings is 2. The minimum absolute atomic E-state index is 0.286. The molecule has 2 aromatic carbocycles. The van der Waals surface area contributed by atoms with E-state index in [4.69, 9.17) is 16.3 Å². The minimum atomic E-state index is -1.14. The predicted molar refractivity (Wildman–Crippen MR) is 83.3 cm³/mol. The summed E-state index contributed by atoms with van der Waals surface area (Å²) in [5, 5.41) is 2.73. The van der Waals surface area contributed by atoms with Gasteiger partial charge in [0.2, 0.25) is 0 Å². The normalized spacial score (nSPS) is 10.2. The van der Waals surface area contributed by atoms with E-state index in [0.29, 0.717) is 17.5 Å². The SMILES string of the molecule is COc1ccc(NC(=O)COC(=O)c2cc(F)ccc2F)cc1Cl. The Balaban J connectivity index is 1.94. The topological polar surface area (TPSA) is 64.6 Å². The molecular formula is C16H12ClF2NO4. The van der Waals surface area contributed by atoms with Gasteiger partial charge in [-0.15, -0.1) is 0 Å². The maximum Gasteiger partial charge on any atom is 0.341 e. The minimum Gasteiger partial charge on any atom is -0.495 e. The second kappa shape index (κ2) is 7.74. The Morgan fingerprint density at radius 3 is 2.58 bits per heavy atom. The number of hydrogen-bond acceptors (Lipinski definition) is 4. The zero-order chi connectivity index (χ0) is 17.7. The summed E-state index contributed by atoms with van der Waals surface area (Å²) in [6.07, 6.45) is 0. The lowest BCUT2D eigenvalue weighted by Gasteiger charge is -2.09. The van der Waals surface area contributed by atoms with E-state index in [1.807, 2.05) is 0 Å². The van der Waals surface area contributed by atoms with Crippen molar-refractivity contribution in [3.63, 3.8) is 0 Å². The first kappa shape index (κ1) is 17.7. The average molecular weight is 356 g/mol. The Hall–Kier alpha value is -2.67. The van der Waals surface area contributed by atoms with E-state index in [2.05, 4.69) is 10.1 Å². The van der Waals surface area contributed by atoms with Crippen molar-refractivity contribution < 1.29 is 27.8 Å². The lowest BCUT2D eigenvalue weighted by Crippen LogP contribution is -2.21. The molecule has 0 fully saturated rings. The molecule has 2 rings (SSSR count). The lowest BCUT2D eigenvalue weighted by molar-refractivity contribution is -0.119. The Morgan fingerprint density at radius 2 is 1.92 bits per heavy atom. The summed E-state index contributed by atoms with van der Waals surface area (Å²) >= 11 is 5.91. The summed E-state index contributed by atoms with van der Waals surface area (Å²) in [4.78, 5) is 23.4. The summed E-state index contributed by atoms with van der Waals surface area (Å²) in [7, 11) is 1.45. The van der Waals surface area contributed by atoms with Crippen molar-refractivity contribution in [3.8, 4) is 5.75 Å². The van der Waals surface area contributed by atoms with Crippen LogP contribution >= 0.6 is 11.6 Å². The summed E-state index contributed by atoms with van der Waals surface area (Å²) in [6, 6.07) is 6.89. The van der Waals surface area contributed by atoms with E-state index in [9.17, 15) is 18.4 Å². The zero-order valence-corrected chi connectivity index (χ0v) is 13.2. The molecule has 0 aromatic heterocycles. The van der Waals surface area contributed by atoms with Crippen LogP contribution in [0.15, 0.2) is 36.4 Å². The first-order valence-corrected chi connectivity index (χ1v) is 7.04. The molecule has 0 heterocycles. The molecule has 126 valence electrons. The maximum absolute atomic E-state index is 13.4. The number of rotatable bonds is 5. The molecule has 5 nitrogen and oxygen atoms in total. The highest BCUT2D eigenvalue weighted by Gasteiger charge is 2.16. The highest BCUT2D eigenvalue weighted by Crippen LogP contribution is 2.27. The third-order valence-electron chi connectivity index (χ3n) is 2.92. The molecule has 0 aliphatic heterocycles. The number of halogens is 3. The molecule has 1 N–H and O–H groups in total. The number of anilines is 1. The first-order chi connectivity index (χ1) is 11.4. The predicted octanol–water partition coefficient (Wildman–Crippen LogP) is 3.42. The number of methoxy groups -OCH3 is 1. The molecule has 0 saturated carbocycles. The van der Waals surface area contributed by atoms with Crippen LogP contribution in [0, 0.1) is 11.6 Å². The number of ether oxygens (including phenoxy) is 2. The van der Waals surface area contributed by atoms with Gasteiger partial charge in [0.25, 0.3) is 5.91 Å². The fraction of sp³-hybridized carbons (Fsp3) is 0.125. The van der Waals surface area contributed by atoms with Crippen LogP contribution in [0.25, 0.3) is 0 Å². The van der Waals surface area contributed by atoms with Crippen molar-refractivity contribution >= 4 is 29.2 Å². The molecule has 0 bridgehead atoms. The van der Waals surface area contributed by atoms with E-state index in [-0.39, 0.29) is 5.02 Å². The largest absolute Gasteiger partial charge is 0.495 e. The average Bonchev–Trinajstić information content (AvgIpc) is 2.55. The summed E-state index contributed by atoms with van der Waals surface area (Å²) < 4.78 is 36.1. The zero-order valence-electron chi connectivity index (χ0n) is 12.4. The van der Waals surface area contributed by atoms with Crippen LogP contribution < -0.4 is 10.1 Å². The fourth-order valence-electron chi connectivity index (χ4n) is 1.80. The Morgan fingerprint density at radius 1 is 1.17 bits per heavy atom. The molecule has 2 aromatic rings. The molecule has 0 aliphatic rings. The van der Waals surface area contributed by atoms with Crippen molar-refractivity contribution in [2.75, 3.05) is 19.0 Å². The first-order valence-electron chi connectivity index (χ1n) is 6.66. The number of esters is 1. The number of carbonyl (C=O) groups excluding carboxylic acids is 2. The molecular weight excluding hydrogens is 344 g/mol. The lowest BCUT2D eigenvalue weighted by atomic mass is 10.2. The van der Waals surface area contributed by atoms with Crippen LogP contribution in [0.1, 0.15) is 10.4 Å². The third-order valence-corrected chi connectivity index (χ3v) is 3.21. The van der Waals surface area contributed by atoms with Gasteiger partial charge in [0, 0.05) is 5.69 Å². The Kier molecular flexibility index (Phi) is 5.70. The number of nitrogens with one attached hydrogen (secondary N) is 1. The van der Waals surface area contributed by atoms with E-state index in [0.717, 1.165) is 12.1 Å². The van der Waals surface area contributed by atoms with Crippen LogP contribution in [-0.4, -0.2) is 25.6 Å². The van der Waals surface area contributed by atoms with Gasteiger partial charge in [0.1, 0.15) is 17.4 Å². The summed E-state index contributed by atoms with van der Waals surface area (Å²) in [5.74, 6) is -3.11. The molecule has 0 unspecified atom stereocenters. The third kappa shape index (κ3) is 4.42. The van der Waals surface area contributed by atoms with Crippen molar-refractivity contribution in [2.24, 2.45) is 0 Å². The van der Waals surface area contributed by atoms with E-state index in [1.54, 1.807) is 6.07 Å². The van der Waals surface area contributed by atoms with Gasteiger partial charge in [-0.05, 0) is 36.4 Å². The van der Waals surface area contributed by atoms with Gasteiger partial charge in [-0.2, -0.15) is 0 Å². The van der Waals surface area contributed by atoms with E-state index in [1.165, 1.54) is 19.2 Å². The van der Waals surface area contributed by atoms with Crippen molar-refractivity contribution in [1.29, 1.82) is 0 Å². The van der Waals surface area contributed by atoms with Gasteiger partial charge in [-0.1, -0.05) is 11.6 Å². The fourth-order valence-corrected chi connectivity index (χ4v) is 2.06. The highest BCUT2D eigenvalue weighted by molar-refractivity contribution is 6.32. The summed E-state index contributed by atoms with van der Waals surface area (Å²) in [6.45, 7) is -0.668. The van der Waals surface area contributed by atoms with Gasteiger partial charge in [0.05, 0.1) is 17.7 Å². The van der Waals surface area contributed by atoms with Gasteiger partial charge in [-0.25, -0.2) is 13.6 Å². The molecule has 0 spiro atoms.